The average molecular weight is 293 g/mol. The van der Waals surface area contributed by atoms with Crippen molar-refractivity contribution >= 4 is 23.2 Å². The number of rotatable bonds is 8. The second kappa shape index (κ2) is 10.3. The number of unbranched alkanes of at least 4 members (excludes halogenated alkanes) is 5. The van der Waals surface area contributed by atoms with Gasteiger partial charge in [0.05, 0.1) is 5.56 Å². The van der Waals surface area contributed by atoms with Gasteiger partial charge in [0.25, 0.3) is 5.91 Å². The number of pyridine rings is 1. The molecular weight excluding hydrogens is 270 g/mol. The summed E-state index contributed by atoms with van der Waals surface area (Å²) in [5.74, 6) is -0.224. The van der Waals surface area contributed by atoms with Crippen molar-refractivity contribution in [2.45, 2.75) is 45.4 Å². The molecule has 0 aliphatic rings. The van der Waals surface area contributed by atoms with Crippen molar-refractivity contribution in [1.29, 1.82) is 0 Å². The minimum atomic E-state index is -0.224. The van der Waals surface area contributed by atoms with Crippen LogP contribution < -0.4 is 10.6 Å². The molecule has 4 nitrogen and oxygen atoms in total. The first kappa shape index (κ1) is 16.6. The molecule has 0 aliphatic heterocycles. The van der Waals surface area contributed by atoms with Crippen molar-refractivity contribution in [3.05, 3.63) is 30.1 Å². The second-order valence-corrected chi connectivity index (χ2v) is 5.13. The molecule has 1 rings (SSSR count). The summed E-state index contributed by atoms with van der Waals surface area (Å²) < 4.78 is 0. The molecule has 0 radical (unpaired) electrons. The van der Waals surface area contributed by atoms with Gasteiger partial charge in [-0.05, 0) is 30.8 Å². The Morgan fingerprint density at radius 3 is 2.70 bits per heavy atom. The quantitative estimate of drug-likeness (QED) is 0.571. The highest BCUT2D eigenvalue weighted by Crippen LogP contribution is 2.04. The predicted molar refractivity (Wildman–Crippen MR) is 85.7 cm³/mol. The smallest absolute Gasteiger partial charge is 0.258 e. The first-order valence-corrected chi connectivity index (χ1v) is 7.64. The van der Waals surface area contributed by atoms with E-state index in [-0.39, 0.29) is 5.91 Å². The normalized spacial score (nSPS) is 10.1. The summed E-state index contributed by atoms with van der Waals surface area (Å²) in [4.78, 5) is 15.7. The number of amides is 1. The number of nitrogens with one attached hydrogen (secondary N) is 2. The van der Waals surface area contributed by atoms with Gasteiger partial charge in [-0.2, -0.15) is 0 Å². The molecule has 1 amide bonds. The highest BCUT2D eigenvalue weighted by molar-refractivity contribution is 7.80. The van der Waals surface area contributed by atoms with Crippen LogP contribution in [0.4, 0.5) is 0 Å². The molecule has 0 saturated heterocycles. The maximum Gasteiger partial charge on any atom is 0.258 e. The predicted octanol–water partition coefficient (Wildman–Crippen LogP) is 3.05. The van der Waals surface area contributed by atoms with Gasteiger partial charge in [-0.15, -0.1) is 0 Å². The van der Waals surface area contributed by atoms with Crippen LogP contribution in [0.2, 0.25) is 0 Å². The van der Waals surface area contributed by atoms with E-state index in [0.29, 0.717) is 10.7 Å². The molecule has 2 N–H and O–H groups in total. The van der Waals surface area contributed by atoms with Crippen molar-refractivity contribution in [2.75, 3.05) is 6.54 Å². The van der Waals surface area contributed by atoms with Gasteiger partial charge < -0.3 is 5.32 Å². The highest BCUT2D eigenvalue weighted by atomic mass is 32.1. The molecule has 0 aromatic carbocycles. The topological polar surface area (TPSA) is 54.0 Å². The third-order valence-electron chi connectivity index (χ3n) is 2.97. The molecule has 0 spiro atoms. The van der Waals surface area contributed by atoms with Crippen LogP contribution in [-0.4, -0.2) is 22.5 Å². The van der Waals surface area contributed by atoms with Gasteiger partial charge in [0.1, 0.15) is 0 Å². The van der Waals surface area contributed by atoms with Crippen molar-refractivity contribution in [3.8, 4) is 0 Å². The maximum absolute atomic E-state index is 11.8. The largest absolute Gasteiger partial charge is 0.362 e. The minimum absolute atomic E-state index is 0.224. The highest BCUT2D eigenvalue weighted by Gasteiger charge is 2.06. The maximum atomic E-state index is 11.8. The van der Waals surface area contributed by atoms with Crippen LogP contribution in [0, 0.1) is 0 Å². The van der Waals surface area contributed by atoms with E-state index in [1.54, 1.807) is 18.3 Å². The van der Waals surface area contributed by atoms with Crippen LogP contribution in [0.3, 0.4) is 0 Å². The summed E-state index contributed by atoms with van der Waals surface area (Å²) in [5, 5.41) is 6.08. The lowest BCUT2D eigenvalue weighted by Gasteiger charge is -2.09. The second-order valence-electron chi connectivity index (χ2n) is 4.72. The lowest BCUT2D eigenvalue weighted by molar-refractivity contribution is 0.0976. The summed E-state index contributed by atoms with van der Waals surface area (Å²) in [6.07, 6.45) is 10.6. The fourth-order valence-corrected chi connectivity index (χ4v) is 2.02. The number of carbonyl (C=O) groups excluding carboxylic acids is 1. The average Bonchev–Trinajstić information content (AvgIpc) is 2.47. The van der Waals surface area contributed by atoms with Crippen LogP contribution in [0.5, 0.6) is 0 Å². The van der Waals surface area contributed by atoms with Gasteiger partial charge >= 0.3 is 0 Å². The molecule has 5 heteroatoms. The molecule has 0 bridgehead atoms. The first-order valence-electron chi connectivity index (χ1n) is 7.23. The van der Waals surface area contributed by atoms with Crippen molar-refractivity contribution in [1.82, 2.24) is 15.6 Å². The van der Waals surface area contributed by atoms with E-state index in [1.165, 1.54) is 38.3 Å². The van der Waals surface area contributed by atoms with E-state index in [0.717, 1.165) is 13.0 Å². The Labute approximate surface area is 126 Å². The number of thiocarbonyl (C=S) groups is 1. The molecule has 0 unspecified atom stereocenters. The van der Waals surface area contributed by atoms with E-state index in [9.17, 15) is 4.79 Å². The Kier molecular flexibility index (Phi) is 8.54. The standard InChI is InChI=1S/C15H23N3OS/c1-2-3-4-5-6-7-11-17-15(20)18-14(19)13-9-8-10-16-12-13/h8-10,12H,2-7,11H2,1H3,(H2,17,18,19,20). The van der Waals surface area contributed by atoms with Crippen LogP contribution in [0.1, 0.15) is 55.8 Å². The lowest BCUT2D eigenvalue weighted by Crippen LogP contribution is -2.39. The van der Waals surface area contributed by atoms with Gasteiger partial charge in [-0.25, -0.2) is 0 Å². The summed E-state index contributed by atoms with van der Waals surface area (Å²) in [7, 11) is 0. The van der Waals surface area contributed by atoms with Gasteiger partial charge in [0, 0.05) is 18.9 Å². The van der Waals surface area contributed by atoms with Crippen LogP contribution >= 0.6 is 12.2 Å². The van der Waals surface area contributed by atoms with Crippen molar-refractivity contribution < 1.29 is 4.79 Å². The zero-order chi connectivity index (χ0) is 14.6. The van der Waals surface area contributed by atoms with Gasteiger partial charge in [0.2, 0.25) is 0 Å². The fraction of sp³-hybridized carbons (Fsp3) is 0.533. The lowest BCUT2D eigenvalue weighted by atomic mass is 10.1. The summed E-state index contributed by atoms with van der Waals surface area (Å²) >= 11 is 5.09. The Balaban J connectivity index is 2.10. The zero-order valence-corrected chi connectivity index (χ0v) is 12.8. The minimum Gasteiger partial charge on any atom is -0.362 e. The van der Waals surface area contributed by atoms with E-state index < -0.39 is 0 Å². The first-order chi connectivity index (χ1) is 9.74. The summed E-state index contributed by atoms with van der Waals surface area (Å²) in [6.45, 7) is 3.02. The molecule has 1 aromatic rings. The fourth-order valence-electron chi connectivity index (χ4n) is 1.82. The summed E-state index contributed by atoms with van der Waals surface area (Å²) in [6, 6.07) is 3.43. The summed E-state index contributed by atoms with van der Waals surface area (Å²) in [5.41, 5.74) is 0.510. The number of nitrogens with zero attached hydrogens (tertiary/aromatic N) is 1. The van der Waals surface area contributed by atoms with Gasteiger partial charge in [-0.1, -0.05) is 39.0 Å². The Hall–Kier alpha value is -1.49. The third kappa shape index (κ3) is 7.19. The monoisotopic (exact) mass is 293 g/mol. The Morgan fingerprint density at radius 1 is 1.25 bits per heavy atom. The SMILES string of the molecule is CCCCCCCCNC(=S)NC(=O)c1cccnc1. The number of aromatic nitrogens is 1. The molecule has 1 heterocycles. The Morgan fingerprint density at radius 2 is 2.00 bits per heavy atom. The number of carbonyl (C=O) groups is 1. The van der Waals surface area contributed by atoms with E-state index in [1.807, 2.05) is 0 Å². The van der Waals surface area contributed by atoms with Crippen molar-refractivity contribution in [2.24, 2.45) is 0 Å². The molecule has 0 aliphatic carbocycles. The van der Waals surface area contributed by atoms with Gasteiger partial charge in [-0.3, -0.25) is 15.1 Å². The molecule has 0 fully saturated rings. The van der Waals surface area contributed by atoms with Crippen LogP contribution in [0.25, 0.3) is 0 Å². The molecule has 0 atom stereocenters. The van der Waals surface area contributed by atoms with Crippen LogP contribution in [-0.2, 0) is 0 Å². The molecule has 1 aromatic heterocycles. The molecule has 110 valence electrons. The number of hydrogen-bond acceptors (Lipinski definition) is 3. The number of hydrogen-bond donors (Lipinski definition) is 2. The van der Waals surface area contributed by atoms with E-state index >= 15 is 0 Å². The zero-order valence-electron chi connectivity index (χ0n) is 12.0. The molecule has 0 saturated carbocycles. The van der Waals surface area contributed by atoms with Gasteiger partial charge in [0.15, 0.2) is 5.11 Å². The van der Waals surface area contributed by atoms with E-state index in [2.05, 4.69) is 22.5 Å². The van der Waals surface area contributed by atoms with Crippen LogP contribution in [0.15, 0.2) is 24.5 Å². The Bertz CT molecular complexity index is 409. The van der Waals surface area contributed by atoms with E-state index in [4.69, 9.17) is 12.2 Å². The van der Waals surface area contributed by atoms with Crippen molar-refractivity contribution in [3.63, 3.8) is 0 Å². The molecule has 20 heavy (non-hydrogen) atoms. The molecular formula is C15H23N3OS. The third-order valence-corrected chi connectivity index (χ3v) is 3.21.